The Bertz CT molecular complexity index is 2830. The van der Waals surface area contributed by atoms with Gasteiger partial charge < -0.3 is 9.88 Å². The molecule has 0 saturated carbocycles. The third-order valence-electron chi connectivity index (χ3n) is 9.79. The van der Waals surface area contributed by atoms with Crippen molar-refractivity contribution in [2.24, 2.45) is 0 Å². The van der Waals surface area contributed by atoms with Crippen molar-refractivity contribution in [3.8, 4) is 22.3 Å². The summed E-state index contributed by atoms with van der Waals surface area (Å²) in [5.41, 5.74) is 10.6. The van der Waals surface area contributed by atoms with E-state index in [1.807, 2.05) is 11.3 Å². The molecule has 49 heavy (non-hydrogen) atoms. The lowest BCUT2D eigenvalue weighted by atomic mass is 10.00. The van der Waals surface area contributed by atoms with Gasteiger partial charge in [0, 0.05) is 59.1 Å². The molecule has 0 fully saturated rings. The van der Waals surface area contributed by atoms with Gasteiger partial charge in [0.25, 0.3) is 0 Å². The van der Waals surface area contributed by atoms with Crippen LogP contribution in [0.3, 0.4) is 0 Å². The van der Waals surface area contributed by atoms with E-state index >= 15 is 0 Å². The van der Waals surface area contributed by atoms with Crippen molar-refractivity contribution in [2.75, 3.05) is 4.90 Å². The minimum atomic E-state index is 1.13. The predicted molar refractivity (Wildman–Crippen MR) is 212 cm³/mol. The average Bonchev–Trinajstić information content (AvgIpc) is 3.73. The Morgan fingerprint density at radius 2 is 1.02 bits per heavy atom. The normalized spacial score (nSPS) is 11.7. The molecular weight excluding hydrogens is 613 g/mol. The number of aromatic amines is 1. The Labute approximate surface area is 288 Å². The van der Waals surface area contributed by atoms with Crippen LogP contribution in [0.1, 0.15) is 0 Å². The fourth-order valence-electron chi connectivity index (χ4n) is 7.38. The molecule has 0 unspecified atom stereocenters. The van der Waals surface area contributed by atoms with Gasteiger partial charge in [0.05, 0.1) is 5.52 Å². The zero-order valence-corrected chi connectivity index (χ0v) is 27.4. The second-order valence-electron chi connectivity index (χ2n) is 12.7. The van der Waals surface area contributed by atoms with Crippen LogP contribution < -0.4 is 4.90 Å². The molecular formula is C46H30N2S. The maximum absolute atomic E-state index is 3.71. The van der Waals surface area contributed by atoms with Gasteiger partial charge in [-0.05, 0) is 88.1 Å². The summed E-state index contributed by atoms with van der Waals surface area (Å²) in [5, 5.41) is 7.54. The highest BCUT2D eigenvalue weighted by molar-refractivity contribution is 7.25. The van der Waals surface area contributed by atoms with Crippen molar-refractivity contribution in [3.63, 3.8) is 0 Å². The molecule has 0 saturated heterocycles. The third-order valence-corrected chi connectivity index (χ3v) is 10.9. The first-order chi connectivity index (χ1) is 24.3. The molecule has 2 heterocycles. The van der Waals surface area contributed by atoms with Crippen LogP contribution in [0.15, 0.2) is 176 Å². The summed E-state index contributed by atoms with van der Waals surface area (Å²) in [5.74, 6) is 0. The largest absolute Gasteiger partial charge is 0.354 e. The number of aromatic nitrogens is 1. The van der Waals surface area contributed by atoms with Crippen LogP contribution in [0.5, 0.6) is 0 Å². The Hall–Kier alpha value is -6.16. The molecule has 10 rings (SSSR count). The molecule has 0 bridgehead atoms. The quantitative estimate of drug-likeness (QED) is 0.198. The van der Waals surface area contributed by atoms with Gasteiger partial charge in [-0.3, -0.25) is 0 Å². The Morgan fingerprint density at radius 3 is 1.90 bits per heavy atom. The second-order valence-corrected chi connectivity index (χ2v) is 13.8. The maximum Gasteiger partial charge on any atom is 0.0544 e. The molecule has 2 aromatic heterocycles. The summed E-state index contributed by atoms with van der Waals surface area (Å²) in [4.78, 5) is 6.10. The molecule has 0 atom stereocenters. The van der Waals surface area contributed by atoms with E-state index in [-0.39, 0.29) is 0 Å². The summed E-state index contributed by atoms with van der Waals surface area (Å²) >= 11 is 1.86. The van der Waals surface area contributed by atoms with Gasteiger partial charge in [-0.25, -0.2) is 0 Å². The molecule has 1 N–H and O–H groups in total. The third kappa shape index (κ3) is 4.70. The standard InChI is InChI=1S/C46H30N2S/c1-2-9-30(10-3-1)32-17-21-35(22-18-32)48(36-23-19-31-11-4-5-12-33(31)27-36)37-24-26-45-42(29-37)41-28-34(20-25-44(41)49-45)38-14-8-15-40-39-13-6-7-16-43(39)47-46(38)40/h1-29,47H. The first-order valence-electron chi connectivity index (χ1n) is 16.7. The smallest absolute Gasteiger partial charge is 0.0544 e. The van der Waals surface area contributed by atoms with Crippen LogP contribution in [-0.2, 0) is 0 Å². The number of benzene rings is 8. The van der Waals surface area contributed by atoms with Crippen LogP contribution in [0.2, 0.25) is 0 Å². The highest BCUT2D eigenvalue weighted by Crippen LogP contribution is 2.43. The van der Waals surface area contributed by atoms with Crippen LogP contribution in [0.25, 0.3) is 75.0 Å². The van der Waals surface area contributed by atoms with E-state index in [1.165, 1.54) is 75.0 Å². The molecule has 2 nitrogen and oxygen atoms in total. The second kappa shape index (κ2) is 11.2. The topological polar surface area (TPSA) is 19.0 Å². The molecule has 0 radical (unpaired) electrons. The average molecular weight is 643 g/mol. The molecule has 10 aromatic rings. The van der Waals surface area contributed by atoms with Crippen molar-refractivity contribution in [1.29, 1.82) is 0 Å². The van der Waals surface area contributed by atoms with E-state index in [4.69, 9.17) is 0 Å². The molecule has 0 aliphatic carbocycles. The first-order valence-corrected chi connectivity index (χ1v) is 17.5. The lowest BCUT2D eigenvalue weighted by Crippen LogP contribution is -2.09. The Kier molecular flexibility index (Phi) is 6.39. The molecule has 230 valence electrons. The highest BCUT2D eigenvalue weighted by atomic mass is 32.1. The van der Waals surface area contributed by atoms with E-state index in [0.717, 1.165) is 17.1 Å². The van der Waals surface area contributed by atoms with Crippen molar-refractivity contribution in [1.82, 2.24) is 4.98 Å². The van der Waals surface area contributed by atoms with E-state index in [9.17, 15) is 0 Å². The number of rotatable bonds is 5. The van der Waals surface area contributed by atoms with Crippen molar-refractivity contribution in [2.45, 2.75) is 0 Å². The fourth-order valence-corrected chi connectivity index (χ4v) is 8.45. The van der Waals surface area contributed by atoms with Gasteiger partial charge in [0.1, 0.15) is 0 Å². The number of hydrogen-bond donors (Lipinski definition) is 1. The SMILES string of the molecule is c1ccc(-c2ccc(N(c3ccc4ccccc4c3)c3ccc4sc5ccc(-c6cccc7c6[nH]c6ccccc67)cc5c4c3)cc2)cc1. The van der Waals surface area contributed by atoms with Crippen LogP contribution >= 0.6 is 11.3 Å². The summed E-state index contributed by atoms with van der Waals surface area (Å²) in [6.07, 6.45) is 0. The molecule has 0 spiro atoms. The number of hydrogen-bond acceptors (Lipinski definition) is 2. The van der Waals surface area contributed by atoms with Crippen molar-refractivity contribution < 1.29 is 0 Å². The van der Waals surface area contributed by atoms with Crippen molar-refractivity contribution >= 4 is 81.1 Å². The van der Waals surface area contributed by atoms with E-state index in [0.29, 0.717) is 0 Å². The number of nitrogens with one attached hydrogen (secondary N) is 1. The maximum atomic E-state index is 3.71. The van der Waals surface area contributed by atoms with Gasteiger partial charge in [0.15, 0.2) is 0 Å². The molecule has 3 heteroatoms. The fraction of sp³-hybridized carbons (Fsp3) is 0. The molecule has 0 amide bonds. The summed E-state index contributed by atoms with van der Waals surface area (Å²) < 4.78 is 2.58. The minimum absolute atomic E-state index is 1.13. The number of thiophene rings is 1. The number of para-hydroxylation sites is 2. The minimum Gasteiger partial charge on any atom is -0.354 e. The summed E-state index contributed by atoms with van der Waals surface area (Å²) in [6.45, 7) is 0. The number of anilines is 3. The Balaban J connectivity index is 1.14. The van der Waals surface area contributed by atoms with Crippen LogP contribution in [-0.4, -0.2) is 4.98 Å². The monoisotopic (exact) mass is 642 g/mol. The molecule has 0 aliphatic heterocycles. The van der Waals surface area contributed by atoms with Crippen molar-refractivity contribution in [3.05, 3.63) is 176 Å². The van der Waals surface area contributed by atoms with E-state index < -0.39 is 0 Å². The first kappa shape index (κ1) is 27.9. The molecule has 0 aliphatic rings. The number of nitrogens with zero attached hydrogens (tertiary/aromatic N) is 1. The number of H-pyrrole nitrogens is 1. The van der Waals surface area contributed by atoms with Gasteiger partial charge in [0.2, 0.25) is 0 Å². The van der Waals surface area contributed by atoms with Crippen LogP contribution in [0, 0.1) is 0 Å². The summed E-state index contributed by atoms with van der Waals surface area (Å²) in [6, 6.07) is 64.0. The zero-order valence-electron chi connectivity index (χ0n) is 26.6. The Morgan fingerprint density at radius 1 is 0.388 bits per heavy atom. The van der Waals surface area contributed by atoms with Crippen LogP contribution in [0.4, 0.5) is 17.1 Å². The lowest BCUT2D eigenvalue weighted by Gasteiger charge is -2.26. The summed E-state index contributed by atoms with van der Waals surface area (Å²) in [7, 11) is 0. The highest BCUT2D eigenvalue weighted by Gasteiger charge is 2.17. The number of fused-ring (bicyclic) bond motifs is 7. The van der Waals surface area contributed by atoms with Gasteiger partial charge in [-0.1, -0.05) is 115 Å². The molecule has 8 aromatic carbocycles. The van der Waals surface area contributed by atoms with Gasteiger partial charge in [-0.15, -0.1) is 11.3 Å². The van der Waals surface area contributed by atoms with E-state index in [2.05, 4.69) is 186 Å². The predicted octanol–water partition coefficient (Wildman–Crippen LogP) is 13.6. The lowest BCUT2D eigenvalue weighted by molar-refractivity contribution is 1.30. The van der Waals surface area contributed by atoms with Gasteiger partial charge >= 0.3 is 0 Å². The van der Waals surface area contributed by atoms with E-state index in [1.54, 1.807) is 0 Å². The van der Waals surface area contributed by atoms with Gasteiger partial charge in [-0.2, -0.15) is 0 Å². The zero-order chi connectivity index (χ0) is 32.3.